The van der Waals surface area contributed by atoms with Gasteiger partial charge in [0.2, 0.25) is 34.6 Å². The first kappa shape index (κ1) is 34.8. The van der Waals surface area contributed by atoms with E-state index in [1.807, 2.05) is 0 Å². The average molecular weight is 659 g/mol. The summed E-state index contributed by atoms with van der Waals surface area (Å²) in [6.45, 7) is 0. The highest BCUT2D eigenvalue weighted by Gasteiger charge is 2.27. The zero-order valence-corrected chi connectivity index (χ0v) is 27.7. The van der Waals surface area contributed by atoms with E-state index in [9.17, 15) is 19.2 Å². The molecule has 4 rings (SSSR count). The molecule has 0 saturated heterocycles. The van der Waals surface area contributed by atoms with Crippen LogP contribution in [0.3, 0.4) is 0 Å². The van der Waals surface area contributed by atoms with Gasteiger partial charge in [-0.25, -0.2) is 0 Å². The summed E-state index contributed by atoms with van der Waals surface area (Å²) in [5.74, 6) is -1.38. The van der Waals surface area contributed by atoms with Crippen LogP contribution >= 0.6 is 0 Å². The summed E-state index contributed by atoms with van der Waals surface area (Å²) < 4.78 is 43.1. The lowest BCUT2D eigenvalue weighted by molar-refractivity contribution is 0.0816. The SMILES string of the molecule is COc1ccc(C(=O)C(=O)c2cc(OC)c(OC)c(OC)c2)cc1-c1cc(C(=O)C(=O)c2cc(OC)c(OC)c(OC)c2)ccc1OC. The molecule has 0 aliphatic rings. The van der Waals surface area contributed by atoms with Gasteiger partial charge in [0, 0.05) is 33.4 Å². The molecule has 0 aliphatic heterocycles. The van der Waals surface area contributed by atoms with Crippen molar-refractivity contribution in [2.45, 2.75) is 0 Å². The maximum Gasteiger partial charge on any atom is 0.233 e. The number of benzene rings is 4. The topological polar surface area (TPSA) is 142 Å². The minimum absolute atomic E-state index is 0.0161. The van der Waals surface area contributed by atoms with Crippen molar-refractivity contribution in [3.63, 3.8) is 0 Å². The summed E-state index contributed by atoms with van der Waals surface area (Å²) in [5.41, 5.74) is 0.735. The highest BCUT2D eigenvalue weighted by Crippen LogP contribution is 2.41. The van der Waals surface area contributed by atoms with E-state index in [1.54, 1.807) is 0 Å². The third-order valence-corrected chi connectivity index (χ3v) is 7.48. The predicted octanol–water partition coefficient (Wildman–Crippen LogP) is 5.55. The number of rotatable bonds is 15. The summed E-state index contributed by atoms with van der Waals surface area (Å²) in [5, 5.41) is 0. The standard InChI is InChI=1S/C36H34O12/c1-41-25-11-9-19(31(37)33(39)21-15-27(43-3)35(47-7)28(16-21)44-4)13-23(25)24-14-20(10-12-26(24)42-2)32(38)34(40)22-17-29(45-5)36(48-8)30(18-22)46-6/h9-18H,1-8H3. The maximum atomic E-state index is 13.5. The Bertz CT molecular complexity index is 1710. The highest BCUT2D eigenvalue weighted by molar-refractivity contribution is 6.50. The number of Topliss-reactive ketones (excluding diaryl/α,β-unsaturated/α-hetero) is 4. The van der Waals surface area contributed by atoms with Crippen LogP contribution in [0, 0.1) is 0 Å². The fourth-order valence-corrected chi connectivity index (χ4v) is 5.07. The van der Waals surface area contributed by atoms with Gasteiger partial charge in [0.15, 0.2) is 23.0 Å². The number of methoxy groups -OCH3 is 8. The first-order valence-corrected chi connectivity index (χ1v) is 14.3. The van der Waals surface area contributed by atoms with Gasteiger partial charge < -0.3 is 37.9 Å². The molecule has 0 radical (unpaired) electrons. The summed E-state index contributed by atoms with van der Waals surface area (Å²) in [6, 6.07) is 14.3. The van der Waals surface area contributed by atoms with Crippen LogP contribution in [0.5, 0.6) is 46.0 Å². The molecule has 0 saturated carbocycles. The third kappa shape index (κ3) is 6.59. The van der Waals surface area contributed by atoms with Crippen LogP contribution in [0.15, 0.2) is 60.7 Å². The predicted molar refractivity (Wildman–Crippen MR) is 174 cm³/mol. The highest BCUT2D eigenvalue weighted by atomic mass is 16.5. The molecular weight excluding hydrogens is 624 g/mol. The van der Waals surface area contributed by atoms with Crippen molar-refractivity contribution >= 4 is 23.1 Å². The molecule has 0 bridgehead atoms. The fourth-order valence-electron chi connectivity index (χ4n) is 5.07. The fraction of sp³-hybridized carbons (Fsp3) is 0.222. The number of ketones is 4. The molecule has 0 fully saturated rings. The molecule has 0 spiro atoms. The minimum Gasteiger partial charge on any atom is -0.496 e. The van der Waals surface area contributed by atoms with E-state index in [1.165, 1.54) is 118 Å². The first-order valence-electron chi connectivity index (χ1n) is 14.3. The zero-order valence-electron chi connectivity index (χ0n) is 27.7. The van der Waals surface area contributed by atoms with E-state index >= 15 is 0 Å². The van der Waals surface area contributed by atoms with Crippen molar-refractivity contribution in [2.75, 3.05) is 56.9 Å². The largest absolute Gasteiger partial charge is 0.496 e. The molecule has 12 heteroatoms. The van der Waals surface area contributed by atoms with Crippen LogP contribution in [-0.4, -0.2) is 80.0 Å². The Morgan fingerprint density at radius 2 is 0.604 bits per heavy atom. The lowest BCUT2D eigenvalue weighted by atomic mass is 9.93. The number of carbonyl (C=O) groups is 4. The zero-order chi connectivity index (χ0) is 35.1. The maximum absolute atomic E-state index is 13.5. The van der Waals surface area contributed by atoms with Gasteiger partial charge in [0.05, 0.1) is 56.9 Å². The Labute approximate surface area is 277 Å². The molecule has 0 heterocycles. The number of ether oxygens (including phenoxy) is 8. The third-order valence-electron chi connectivity index (χ3n) is 7.48. The van der Waals surface area contributed by atoms with Gasteiger partial charge in [-0.15, -0.1) is 0 Å². The van der Waals surface area contributed by atoms with Crippen molar-refractivity contribution in [1.82, 2.24) is 0 Å². The molecular formula is C36H34O12. The lowest BCUT2D eigenvalue weighted by Gasteiger charge is -2.16. The molecule has 250 valence electrons. The quantitative estimate of drug-likeness (QED) is 0.117. The van der Waals surface area contributed by atoms with Gasteiger partial charge in [0.1, 0.15) is 11.5 Å². The minimum atomic E-state index is -0.836. The van der Waals surface area contributed by atoms with Crippen LogP contribution in [0.1, 0.15) is 41.4 Å². The van der Waals surface area contributed by atoms with Crippen LogP contribution < -0.4 is 37.9 Å². The second-order valence-electron chi connectivity index (χ2n) is 9.97. The first-order chi connectivity index (χ1) is 23.1. The Morgan fingerprint density at radius 3 is 0.854 bits per heavy atom. The van der Waals surface area contributed by atoms with Gasteiger partial charge in [-0.3, -0.25) is 19.2 Å². The summed E-state index contributed by atoms with van der Waals surface area (Å²) in [6.07, 6.45) is 0. The number of carbonyl (C=O) groups excluding carboxylic acids is 4. The number of hydrogen-bond acceptors (Lipinski definition) is 12. The van der Waals surface area contributed by atoms with Gasteiger partial charge >= 0.3 is 0 Å². The summed E-state index contributed by atoms with van der Waals surface area (Å²) in [4.78, 5) is 53.9. The van der Waals surface area contributed by atoms with Gasteiger partial charge in [-0.05, 0) is 60.7 Å². The van der Waals surface area contributed by atoms with Crippen molar-refractivity contribution in [3.8, 4) is 57.1 Å². The van der Waals surface area contributed by atoms with Gasteiger partial charge in [0.25, 0.3) is 0 Å². The normalized spacial score (nSPS) is 10.4. The molecule has 0 amide bonds. The molecule has 4 aromatic carbocycles. The molecule has 0 N–H and O–H groups in total. The Morgan fingerprint density at radius 1 is 0.333 bits per heavy atom. The molecule has 0 unspecified atom stereocenters. The summed E-state index contributed by atoms with van der Waals surface area (Å²) >= 11 is 0. The Kier molecular flexibility index (Phi) is 10.9. The lowest BCUT2D eigenvalue weighted by Crippen LogP contribution is -2.16. The van der Waals surface area contributed by atoms with Crippen molar-refractivity contribution in [2.24, 2.45) is 0 Å². The average Bonchev–Trinajstić information content (AvgIpc) is 3.14. The smallest absolute Gasteiger partial charge is 0.233 e. The van der Waals surface area contributed by atoms with Gasteiger partial charge in [-0.2, -0.15) is 0 Å². The molecule has 48 heavy (non-hydrogen) atoms. The van der Waals surface area contributed by atoms with Crippen LogP contribution in [0.2, 0.25) is 0 Å². The van der Waals surface area contributed by atoms with E-state index in [0.29, 0.717) is 22.6 Å². The van der Waals surface area contributed by atoms with Crippen molar-refractivity contribution in [1.29, 1.82) is 0 Å². The molecule has 0 atom stereocenters. The van der Waals surface area contributed by atoms with E-state index in [-0.39, 0.29) is 56.8 Å². The van der Waals surface area contributed by atoms with Crippen LogP contribution in [-0.2, 0) is 0 Å². The second-order valence-corrected chi connectivity index (χ2v) is 9.97. The van der Waals surface area contributed by atoms with E-state index < -0.39 is 23.1 Å². The Balaban J connectivity index is 1.77. The Hall–Kier alpha value is -6.04. The monoisotopic (exact) mass is 658 g/mol. The second kappa shape index (κ2) is 15.0. The molecule has 4 aromatic rings. The van der Waals surface area contributed by atoms with Crippen molar-refractivity contribution in [3.05, 3.63) is 82.9 Å². The van der Waals surface area contributed by atoms with E-state index in [4.69, 9.17) is 37.9 Å². The number of hydrogen-bond donors (Lipinski definition) is 0. The summed E-state index contributed by atoms with van der Waals surface area (Å²) in [7, 11) is 11.3. The van der Waals surface area contributed by atoms with Gasteiger partial charge in [-0.1, -0.05) is 0 Å². The van der Waals surface area contributed by atoms with Crippen LogP contribution in [0.4, 0.5) is 0 Å². The van der Waals surface area contributed by atoms with Crippen LogP contribution in [0.25, 0.3) is 11.1 Å². The molecule has 0 aliphatic carbocycles. The van der Waals surface area contributed by atoms with E-state index in [0.717, 1.165) is 0 Å². The molecule has 12 nitrogen and oxygen atoms in total. The molecule has 0 aromatic heterocycles. The van der Waals surface area contributed by atoms with Crippen molar-refractivity contribution < 1.29 is 57.1 Å². The van der Waals surface area contributed by atoms with E-state index in [2.05, 4.69) is 0 Å².